The zero-order valence-electron chi connectivity index (χ0n) is 14.6. The summed E-state index contributed by atoms with van der Waals surface area (Å²) >= 11 is 9.12. The molecule has 0 N–H and O–H groups in total. The number of ketones is 1. The molecule has 0 saturated carbocycles. The van der Waals surface area contributed by atoms with Gasteiger partial charge in [0.05, 0.1) is 20.1 Å². The molecule has 2 rings (SSSR count). The minimum Gasteiger partial charge on any atom is -0.411 e. The van der Waals surface area contributed by atoms with Crippen LogP contribution in [0, 0.1) is 5.92 Å². The number of piperidine rings is 1. The molecule has 0 amide bonds. The highest BCUT2D eigenvalue weighted by Crippen LogP contribution is 2.21. The van der Waals surface area contributed by atoms with Gasteiger partial charge in [0.2, 0.25) is 5.78 Å². The molecule has 0 spiro atoms. The molecule has 1 aromatic carbocycles. The van der Waals surface area contributed by atoms with E-state index in [1.165, 1.54) is 12.8 Å². The molecule has 3 nitrogen and oxygen atoms in total. The average molecular weight is 353 g/mol. The Hall–Kier alpha value is -1.04. The molecule has 0 aromatic heterocycles. The Morgan fingerprint density at radius 2 is 1.74 bits per heavy atom. The Labute approximate surface area is 151 Å². The Bertz CT molecular complexity index is 509. The summed E-state index contributed by atoms with van der Waals surface area (Å²) < 4.78 is 1.42. The van der Waals surface area contributed by atoms with Crippen LogP contribution in [-0.4, -0.2) is 60.3 Å². The fourth-order valence-corrected chi connectivity index (χ4v) is 2.54. The van der Waals surface area contributed by atoms with Crippen molar-refractivity contribution in [3.8, 4) is 0 Å². The number of hydrogen-bond acceptors (Lipinski definition) is 3. The summed E-state index contributed by atoms with van der Waals surface area (Å²) in [7, 11) is 5.87. The highest BCUT2D eigenvalue weighted by Gasteiger charge is 2.30. The predicted octanol–water partition coefficient (Wildman–Crippen LogP) is 3.13. The van der Waals surface area contributed by atoms with Crippen LogP contribution in [0.5, 0.6) is 0 Å². The lowest BCUT2D eigenvalue weighted by atomic mass is 9.96. The minimum atomic E-state index is 0.280. The van der Waals surface area contributed by atoms with Gasteiger partial charge in [-0.05, 0) is 18.8 Å². The molecule has 1 aliphatic heterocycles. The van der Waals surface area contributed by atoms with Crippen LogP contribution in [0.1, 0.15) is 30.1 Å². The topological polar surface area (TPSA) is 20.3 Å². The maximum absolute atomic E-state index is 12.2. The number of carbonyl (C=O) groups is 1. The smallest absolute Gasteiger partial charge is 0.216 e. The number of thiocarbonyl (C=S) groups is 1. The van der Waals surface area contributed by atoms with Crippen molar-refractivity contribution in [2.45, 2.75) is 19.8 Å². The summed E-state index contributed by atoms with van der Waals surface area (Å²) in [4.78, 5) is 13.9. The van der Waals surface area contributed by atoms with Crippen molar-refractivity contribution >= 4 is 35.0 Å². The normalized spacial score (nSPS) is 23.4. The van der Waals surface area contributed by atoms with E-state index < -0.39 is 0 Å². The van der Waals surface area contributed by atoms with E-state index in [-0.39, 0.29) is 5.78 Å². The molecule has 1 fully saturated rings. The van der Waals surface area contributed by atoms with Crippen molar-refractivity contribution in [2.75, 3.05) is 40.8 Å². The molecule has 0 aliphatic carbocycles. The van der Waals surface area contributed by atoms with Crippen molar-refractivity contribution in [1.29, 1.82) is 0 Å². The third-order valence-corrected chi connectivity index (χ3v) is 5.04. The first-order valence-electron chi connectivity index (χ1n) is 8.03. The van der Waals surface area contributed by atoms with Gasteiger partial charge in [-0.3, -0.25) is 4.79 Å². The molecule has 0 unspecified atom stereocenters. The molecule has 0 radical (unpaired) electrons. The van der Waals surface area contributed by atoms with Crippen LogP contribution in [0.25, 0.3) is 0 Å². The van der Waals surface area contributed by atoms with Gasteiger partial charge in [-0.25, -0.2) is 0 Å². The van der Waals surface area contributed by atoms with E-state index in [4.69, 9.17) is 0 Å². The minimum absolute atomic E-state index is 0.280. The zero-order valence-corrected chi connectivity index (χ0v) is 16.3. The van der Waals surface area contributed by atoms with Crippen LogP contribution in [0.2, 0.25) is 0 Å². The molecule has 128 valence electrons. The van der Waals surface area contributed by atoms with Gasteiger partial charge in [0.1, 0.15) is 6.54 Å². The predicted molar refractivity (Wildman–Crippen MR) is 104 cm³/mol. The van der Waals surface area contributed by atoms with Gasteiger partial charge < -0.3 is 34.2 Å². The summed E-state index contributed by atoms with van der Waals surface area (Å²) in [6.45, 7) is 5.23. The molecule has 1 saturated heterocycles. The lowest BCUT2D eigenvalue weighted by molar-refractivity contribution is -0.907. The van der Waals surface area contributed by atoms with Crippen LogP contribution in [-0.2, 0) is 12.6 Å². The third kappa shape index (κ3) is 7.38. The first kappa shape index (κ1) is 20.0. The second kappa shape index (κ2) is 9.30. The third-order valence-electron chi connectivity index (χ3n) is 4.31. The fourth-order valence-electron chi connectivity index (χ4n) is 2.54. The number of likely N-dealkylation sites (N-methyl/N-ethyl adjacent to an activating group) is 1. The molecule has 1 aliphatic rings. The molecule has 0 bridgehead atoms. The van der Waals surface area contributed by atoms with Crippen LogP contribution < -0.4 is 0 Å². The Kier molecular flexibility index (Phi) is 8.09. The second-order valence-electron chi connectivity index (χ2n) is 6.86. The summed E-state index contributed by atoms with van der Waals surface area (Å²) in [5.41, 5.74) is 0.852. The molecule has 1 heterocycles. The summed E-state index contributed by atoms with van der Waals surface area (Å²) in [6.07, 6.45) is 2.50. The summed E-state index contributed by atoms with van der Waals surface area (Å²) in [6, 6.07) is 9.66. The van der Waals surface area contributed by atoms with E-state index in [0.29, 0.717) is 10.9 Å². The maximum Gasteiger partial charge on any atom is 0.216 e. The van der Waals surface area contributed by atoms with Gasteiger partial charge in [0.25, 0.3) is 0 Å². The van der Waals surface area contributed by atoms with Gasteiger partial charge in [-0.1, -0.05) is 41.6 Å². The molecule has 1 aromatic rings. The number of Topliss-reactive ketones (excluding diaryl/α,β-unsaturated/α-hetero) is 1. The van der Waals surface area contributed by atoms with E-state index in [0.717, 1.165) is 29.1 Å². The standard InChI is InChI=1S/C15H22NO.C3H7NS2/c1-13-8-10-16(2,11-9-13)12-15(17)14-6-4-3-5-7-14;1-4(2)3(5)6/h3-7,13H,8-12H2,1-2H3;1-2H3,(H,5,6)/q+1;/p-1. The van der Waals surface area contributed by atoms with Gasteiger partial charge in [-0.15, -0.1) is 0 Å². The number of rotatable bonds is 3. The van der Waals surface area contributed by atoms with Crippen LogP contribution in [0.4, 0.5) is 0 Å². The van der Waals surface area contributed by atoms with Gasteiger partial charge in [-0.2, -0.15) is 0 Å². The molecule has 5 heteroatoms. The first-order valence-corrected chi connectivity index (χ1v) is 8.85. The van der Waals surface area contributed by atoms with Crippen LogP contribution >= 0.6 is 12.2 Å². The second-order valence-corrected chi connectivity index (χ2v) is 7.89. The first-order chi connectivity index (χ1) is 10.7. The lowest BCUT2D eigenvalue weighted by Gasteiger charge is -2.39. The number of likely N-dealkylation sites (tertiary alicyclic amines) is 1. The Balaban J connectivity index is 0.000000379. The van der Waals surface area contributed by atoms with Crippen LogP contribution in [0.15, 0.2) is 30.3 Å². The monoisotopic (exact) mass is 352 g/mol. The molecular weight excluding hydrogens is 324 g/mol. The number of quaternary nitrogens is 1. The average Bonchev–Trinajstić information content (AvgIpc) is 2.52. The highest BCUT2D eigenvalue weighted by atomic mass is 32.1. The molecule has 0 atom stereocenters. The summed E-state index contributed by atoms with van der Waals surface area (Å²) in [5.74, 6) is 1.11. The van der Waals surface area contributed by atoms with E-state index in [1.54, 1.807) is 4.90 Å². The Morgan fingerprint density at radius 1 is 1.26 bits per heavy atom. The van der Waals surface area contributed by atoms with E-state index in [9.17, 15) is 4.79 Å². The zero-order chi connectivity index (χ0) is 17.5. The highest BCUT2D eigenvalue weighted by molar-refractivity contribution is 8.00. The van der Waals surface area contributed by atoms with Crippen molar-refractivity contribution < 1.29 is 9.28 Å². The number of nitrogens with zero attached hydrogens (tertiary/aromatic N) is 2. The SMILES string of the molecule is CC1CC[N+](C)(CC(=O)c2ccccc2)CC1.CN(C)C(=S)[S-]. The van der Waals surface area contributed by atoms with Gasteiger partial charge in [0, 0.05) is 19.7 Å². The molecule has 23 heavy (non-hydrogen) atoms. The summed E-state index contributed by atoms with van der Waals surface area (Å²) in [5, 5.41) is 0. The number of hydrogen-bond donors (Lipinski definition) is 0. The van der Waals surface area contributed by atoms with E-state index in [1.807, 2.05) is 44.4 Å². The maximum atomic E-state index is 12.2. The number of benzene rings is 1. The quantitative estimate of drug-likeness (QED) is 0.360. The van der Waals surface area contributed by atoms with E-state index >= 15 is 0 Å². The van der Waals surface area contributed by atoms with Crippen molar-refractivity contribution in [3.05, 3.63) is 35.9 Å². The van der Waals surface area contributed by atoms with Gasteiger partial charge >= 0.3 is 0 Å². The van der Waals surface area contributed by atoms with Gasteiger partial charge in [0.15, 0.2) is 0 Å². The van der Waals surface area contributed by atoms with E-state index in [2.05, 4.69) is 38.8 Å². The number of carbonyl (C=O) groups excluding carboxylic acids is 1. The fraction of sp³-hybridized carbons (Fsp3) is 0.556. The largest absolute Gasteiger partial charge is 0.411 e. The van der Waals surface area contributed by atoms with Crippen molar-refractivity contribution in [3.63, 3.8) is 0 Å². The van der Waals surface area contributed by atoms with Crippen molar-refractivity contribution in [2.24, 2.45) is 5.92 Å². The molecular formula is C18H28N2OS2. The lowest BCUT2D eigenvalue weighted by Crippen LogP contribution is -2.52. The Morgan fingerprint density at radius 3 is 2.17 bits per heavy atom. The van der Waals surface area contributed by atoms with Crippen LogP contribution in [0.3, 0.4) is 0 Å². The van der Waals surface area contributed by atoms with Crippen molar-refractivity contribution in [1.82, 2.24) is 4.90 Å².